The molecular weight excluding hydrogens is 314 g/mol. The predicted molar refractivity (Wildman–Crippen MR) is 88.4 cm³/mol. The Kier molecular flexibility index (Phi) is 11.0. The fraction of sp³-hybridized carbons (Fsp3) is 0.824. The van der Waals surface area contributed by atoms with Gasteiger partial charge in [0.1, 0.15) is 0 Å². The van der Waals surface area contributed by atoms with Crippen LogP contribution in [0.4, 0.5) is 0 Å². The van der Waals surface area contributed by atoms with Crippen molar-refractivity contribution in [1.29, 1.82) is 0 Å². The molecule has 7 nitrogen and oxygen atoms in total. The maximum absolute atomic E-state index is 11.8. The smallest absolute Gasteiger partial charge is 0.310 e. The number of carbonyl (C=O) groups is 3. The largest absolute Gasteiger partial charge is 0.435 e. The van der Waals surface area contributed by atoms with Crippen molar-refractivity contribution >= 4 is 18.3 Å². The van der Waals surface area contributed by atoms with Crippen LogP contribution in [0.1, 0.15) is 60.8 Å². The Hall–Kier alpha value is -1.63. The molecule has 0 aromatic heterocycles. The molecule has 0 aromatic carbocycles. The van der Waals surface area contributed by atoms with Crippen molar-refractivity contribution < 1.29 is 28.6 Å². The van der Waals surface area contributed by atoms with Gasteiger partial charge in [0, 0.05) is 12.3 Å². The monoisotopic (exact) mass is 345 g/mol. The molecule has 0 heterocycles. The van der Waals surface area contributed by atoms with E-state index in [-0.39, 0.29) is 18.3 Å². The van der Waals surface area contributed by atoms with Gasteiger partial charge in [-0.15, -0.1) is 0 Å². The highest BCUT2D eigenvalue weighted by molar-refractivity contribution is 5.71. The zero-order valence-corrected chi connectivity index (χ0v) is 15.5. The van der Waals surface area contributed by atoms with E-state index >= 15 is 0 Å². The lowest BCUT2D eigenvalue weighted by atomic mass is 10.1. The van der Waals surface area contributed by atoms with Crippen LogP contribution in [0.2, 0.25) is 0 Å². The first-order chi connectivity index (χ1) is 11.2. The van der Waals surface area contributed by atoms with Gasteiger partial charge in [-0.3, -0.25) is 24.4 Å². The molecule has 0 bridgehead atoms. The lowest BCUT2D eigenvalue weighted by molar-refractivity contribution is -0.255. The maximum atomic E-state index is 11.8. The summed E-state index contributed by atoms with van der Waals surface area (Å²) in [6.45, 7) is 11.1. The number of amides is 1. The third-order valence-electron chi connectivity index (χ3n) is 3.11. The highest BCUT2D eigenvalue weighted by Gasteiger charge is 2.26. The van der Waals surface area contributed by atoms with Crippen LogP contribution in [-0.4, -0.2) is 31.1 Å². The number of carbonyl (C=O) groups excluding carboxylic acids is 3. The van der Waals surface area contributed by atoms with Gasteiger partial charge in [-0.2, -0.15) is 0 Å². The molecule has 0 fully saturated rings. The van der Waals surface area contributed by atoms with Crippen molar-refractivity contribution in [2.75, 3.05) is 0 Å². The Bertz CT molecular complexity index is 395. The molecule has 0 spiro atoms. The van der Waals surface area contributed by atoms with Gasteiger partial charge in [-0.05, 0) is 12.3 Å². The molecule has 24 heavy (non-hydrogen) atoms. The van der Waals surface area contributed by atoms with E-state index in [9.17, 15) is 14.4 Å². The standard InChI is InChI=1S/C17H31NO6/c1-11(2)8-7-9-14(20)22-17(18-10-19)24-16(13(5)6)23-15(21)12(3)4/h10-13,16-17H,7-9H2,1-6H3,(H,18,19)/t16-,17?/m1/s1. The number of esters is 2. The second-order valence-electron chi connectivity index (χ2n) is 6.73. The molecule has 0 saturated heterocycles. The summed E-state index contributed by atoms with van der Waals surface area (Å²) in [5.74, 6) is -0.901. The summed E-state index contributed by atoms with van der Waals surface area (Å²) < 4.78 is 15.8. The van der Waals surface area contributed by atoms with Crippen molar-refractivity contribution in [1.82, 2.24) is 5.32 Å². The molecule has 7 heteroatoms. The number of nitrogens with one attached hydrogen (secondary N) is 1. The van der Waals surface area contributed by atoms with Crippen LogP contribution in [0.3, 0.4) is 0 Å². The fourth-order valence-electron chi connectivity index (χ4n) is 1.68. The zero-order valence-electron chi connectivity index (χ0n) is 15.5. The molecule has 0 aliphatic heterocycles. The van der Waals surface area contributed by atoms with Crippen LogP contribution in [0, 0.1) is 17.8 Å². The van der Waals surface area contributed by atoms with E-state index in [1.807, 2.05) is 0 Å². The minimum atomic E-state index is -1.29. The Morgan fingerprint density at radius 3 is 2.12 bits per heavy atom. The molecule has 0 aliphatic rings. The first-order valence-electron chi connectivity index (χ1n) is 8.42. The molecule has 0 saturated carbocycles. The van der Waals surface area contributed by atoms with Gasteiger partial charge >= 0.3 is 11.9 Å². The first-order valence-corrected chi connectivity index (χ1v) is 8.42. The quantitative estimate of drug-likeness (QED) is 0.332. The Morgan fingerprint density at radius 1 is 1.04 bits per heavy atom. The maximum Gasteiger partial charge on any atom is 0.310 e. The number of hydrogen-bond acceptors (Lipinski definition) is 6. The van der Waals surface area contributed by atoms with Crippen LogP contribution in [0.15, 0.2) is 0 Å². The summed E-state index contributed by atoms with van der Waals surface area (Å²) >= 11 is 0. The highest BCUT2D eigenvalue weighted by atomic mass is 16.8. The lowest BCUT2D eigenvalue weighted by Gasteiger charge is -2.26. The Labute approximate surface area is 144 Å². The van der Waals surface area contributed by atoms with E-state index < -0.39 is 24.6 Å². The van der Waals surface area contributed by atoms with Crippen molar-refractivity contribution in [2.24, 2.45) is 17.8 Å². The molecule has 1 N–H and O–H groups in total. The number of ether oxygens (including phenoxy) is 3. The number of hydrogen-bond donors (Lipinski definition) is 1. The molecule has 140 valence electrons. The Morgan fingerprint density at radius 2 is 1.67 bits per heavy atom. The average Bonchev–Trinajstić information content (AvgIpc) is 2.45. The van der Waals surface area contributed by atoms with E-state index in [1.54, 1.807) is 27.7 Å². The number of rotatable bonds is 12. The van der Waals surface area contributed by atoms with Crippen LogP contribution >= 0.6 is 0 Å². The third-order valence-corrected chi connectivity index (χ3v) is 3.11. The third kappa shape index (κ3) is 10.2. The molecule has 0 aromatic rings. The van der Waals surface area contributed by atoms with Gasteiger partial charge in [-0.1, -0.05) is 48.0 Å². The second-order valence-corrected chi connectivity index (χ2v) is 6.73. The lowest BCUT2D eigenvalue weighted by Crippen LogP contribution is -2.41. The average molecular weight is 345 g/mol. The van der Waals surface area contributed by atoms with Crippen molar-refractivity contribution in [3.63, 3.8) is 0 Å². The van der Waals surface area contributed by atoms with Crippen molar-refractivity contribution in [3.05, 3.63) is 0 Å². The molecule has 1 unspecified atom stereocenters. The normalized spacial score (nSPS) is 13.7. The first kappa shape index (κ1) is 22.4. The molecule has 0 radical (unpaired) electrons. The minimum Gasteiger partial charge on any atom is -0.435 e. The van der Waals surface area contributed by atoms with E-state index in [1.165, 1.54) is 0 Å². The molecule has 2 atom stereocenters. The van der Waals surface area contributed by atoms with Crippen LogP contribution in [0.5, 0.6) is 0 Å². The van der Waals surface area contributed by atoms with Crippen LogP contribution in [0.25, 0.3) is 0 Å². The van der Waals surface area contributed by atoms with Crippen molar-refractivity contribution in [3.8, 4) is 0 Å². The summed E-state index contributed by atoms with van der Waals surface area (Å²) in [4.78, 5) is 34.2. The summed E-state index contributed by atoms with van der Waals surface area (Å²) in [5, 5.41) is 2.26. The topological polar surface area (TPSA) is 90.9 Å². The van der Waals surface area contributed by atoms with E-state index in [2.05, 4.69) is 19.2 Å². The van der Waals surface area contributed by atoms with E-state index in [0.29, 0.717) is 18.7 Å². The second kappa shape index (κ2) is 11.8. The fourth-order valence-corrected chi connectivity index (χ4v) is 1.68. The zero-order chi connectivity index (χ0) is 18.7. The molecular formula is C17H31NO6. The molecule has 1 amide bonds. The summed E-state index contributed by atoms with van der Waals surface area (Å²) in [6.07, 6.45) is -0.0187. The van der Waals surface area contributed by atoms with Gasteiger partial charge in [-0.25, -0.2) is 0 Å². The van der Waals surface area contributed by atoms with Gasteiger partial charge < -0.3 is 9.47 Å². The van der Waals surface area contributed by atoms with Gasteiger partial charge in [0.2, 0.25) is 12.7 Å². The predicted octanol–water partition coefficient (Wildman–Crippen LogP) is 2.58. The summed E-state index contributed by atoms with van der Waals surface area (Å²) in [5.41, 5.74) is 0. The van der Waals surface area contributed by atoms with Gasteiger partial charge in [0.05, 0.1) is 5.92 Å². The SMILES string of the molecule is CC(C)CCCC(=O)OC(NC=O)O[C@@H](OC(=O)C(C)C)C(C)C. The Balaban J connectivity index is 4.62. The van der Waals surface area contributed by atoms with E-state index in [4.69, 9.17) is 14.2 Å². The van der Waals surface area contributed by atoms with Gasteiger partial charge in [0.15, 0.2) is 0 Å². The molecule has 0 aliphatic carbocycles. The van der Waals surface area contributed by atoms with Crippen LogP contribution < -0.4 is 5.32 Å². The minimum absolute atomic E-state index is 0.178. The van der Waals surface area contributed by atoms with E-state index in [0.717, 1.165) is 6.42 Å². The van der Waals surface area contributed by atoms with Gasteiger partial charge in [0.25, 0.3) is 6.41 Å². The highest BCUT2D eigenvalue weighted by Crippen LogP contribution is 2.14. The van der Waals surface area contributed by atoms with Crippen molar-refractivity contribution in [2.45, 2.75) is 73.5 Å². The summed E-state index contributed by atoms with van der Waals surface area (Å²) in [7, 11) is 0. The molecule has 0 rings (SSSR count). The summed E-state index contributed by atoms with van der Waals surface area (Å²) in [6, 6.07) is 0. The van der Waals surface area contributed by atoms with Crippen LogP contribution in [-0.2, 0) is 28.6 Å².